The number of nitrogens with one attached hydrogen (secondary N) is 1. The van der Waals surface area contributed by atoms with E-state index in [0.29, 0.717) is 15.7 Å². The predicted molar refractivity (Wildman–Crippen MR) is 68.7 cm³/mol. The number of nitrogens with zero attached hydrogens (tertiary/aromatic N) is 2. The lowest BCUT2D eigenvalue weighted by molar-refractivity contribution is 0.102. The van der Waals surface area contributed by atoms with E-state index in [4.69, 9.17) is 28.9 Å². The van der Waals surface area contributed by atoms with Crippen molar-refractivity contribution in [1.29, 1.82) is 0 Å². The first-order chi connectivity index (χ1) is 8.08. The van der Waals surface area contributed by atoms with Gasteiger partial charge in [-0.3, -0.25) is 4.79 Å². The van der Waals surface area contributed by atoms with Gasteiger partial charge in [-0.25, -0.2) is 0 Å². The summed E-state index contributed by atoms with van der Waals surface area (Å²) in [7, 11) is 0. The highest BCUT2D eigenvalue weighted by Gasteiger charge is 2.15. The second-order valence-corrected chi connectivity index (χ2v) is 4.82. The van der Waals surface area contributed by atoms with E-state index in [1.165, 1.54) is 0 Å². The zero-order chi connectivity index (χ0) is 12.4. The van der Waals surface area contributed by atoms with Crippen LogP contribution < -0.4 is 11.1 Å². The molecular formula is C9H6Cl2N4OS. The van der Waals surface area contributed by atoms with Crippen molar-refractivity contribution in [3.8, 4) is 0 Å². The quantitative estimate of drug-likeness (QED) is 0.890. The number of anilines is 2. The summed E-state index contributed by atoms with van der Waals surface area (Å²) in [5, 5.41) is 10.8. The van der Waals surface area contributed by atoms with E-state index in [1.807, 2.05) is 0 Å². The van der Waals surface area contributed by atoms with Crippen molar-refractivity contribution in [2.24, 2.45) is 0 Å². The van der Waals surface area contributed by atoms with Gasteiger partial charge in [-0.2, -0.15) is 0 Å². The minimum Gasteiger partial charge on any atom is -0.374 e. The van der Waals surface area contributed by atoms with Crippen LogP contribution in [0.4, 0.5) is 10.8 Å². The van der Waals surface area contributed by atoms with E-state index >= 15 is 0 Å². The van der Waals surface area contributed by atoms with Crippen LogP contribution in [0, 0.1) is 0 Å². The number of hydrogen-bond donors (Lipinski definition) is 2. The molecule has 1 heterocycles. The van der Waals surface area contributed by atoms with Crippen LogP contribution in [0.1, 0.15) is 9.80 Å². The predicted octanol–water partition coefficient (Wildman–Crippen LogP) is 2.68. The van der Waals surface area contributed by atoms with Crippen molar-refractivity contribution < 1.29 is 4.79 Å². The van der Waals surface area contributed by atoms with Crippen molar-refractivity contribution in [3.05, 3.63) is 33.3 Å². The van der Waals surface area contributed by atoms with Gasteiger partial charge in [-0.1, -0.05) is 40.6 Å². The van der Waals surface area contributed by atoms with Crippen LogP contribution in [0.5, 0.6) is 0 Å². The molecular weight excluding hydrogens is 283 g/mol. The molecule has 1 aromatic carbocycles. The Bertz CT molecular complexity index is 552. The summed E-state index contributed by atoms with van der Waals surface area (Å²) in [5.41, 5.74) is 5.72. The lowest BCUT2D eigenvalue weighted by Crippen LogP contribution is -2.12. The van der Waals surface area contributed by atoms with Crippen LogP contribution >= 0.6 is 34.5 Å². The minimum absolute atomic E-state index is 0.151. The third-order valence-corrected chi connectivity index (χ3v) is 3.22. The first-order valence-corrected chi connectivity index (χ1v) is 5.99. The molecule has 1 amide bonds. The molecule has 0 fully saturated rings. The second-order valence-electron chi connectivity index (χ2n) is 3.00. The molecule has 1 aromatic heterocycles. The number of nitrogens with two attached hydrogens (primary N) is 1. The van der Waals surface area contributed by atoms with Gasteiger partial charge in [-0.05, 0) is 12.1 Å². The van der Waals surface area contributed by atoms with E-state index in [-0.39, 0.29) is 10.1 Å². The molecule has 17 heavy (non-hydrogen) atoms. The number of carbonyl (C=O) groups is 1. The van der Waals surface area contributed by atoms with Gasteiger partial charge in [0, 0.05) is 0 Å². The van der Waals surface area contributed by atoms with Crippen molar-refractivity contribution in [3.63, 3.8) is 0 Å². The van der Waals surface area contributed by atoms with Crippen LogP contribution in [-0.4, -0.2) is 16.1 Å². The van der Waals surface area contributed by atoms with E-state index in [2.05, 4.69) is 15.5 Å². The molecule has 0 unspecified atom stereocenters. The van der Waals surface area contributed by atoms with Crippen LogP contribution in [0.15, 0.2) is 18.2 Å². The summed E-state index contributed by atoms with van der Waals surface area (Å²) in [6.07, 6.45) is 0. The molecule has 88 valence electrons. The number of carbonyl (C=O) groups excluding carboxylic acids is 1. The highest BCUT2D eigenvalue weighted by molar-refractivity contribution is 7.17. The normalized spacial score (nSPS) is 10.2. The molecule has 2 rings (SSSR count). The average molecular weight is 289 g/mol. The Morgan fingerprint density at radius 1 is 1.29 bits per heavy atom. The number of rotatable bonds is 2. The third kappa shape index (κ3) is 2.66. The van der Waals surface area contributed by atoms with Crippen molar-refractivity contribution in [1.82, 2.24) is 10.2 Å². The van der Waals surface area contributed by atoms with Gasteiger partial charge in [0.15, 0.2) is 0 Å². The first kappa shape index (κ1) is 12.1. The highest BCUT2D eigenvalue weighted by atomic mass is 35.5. The highest BCUT2D eigenvalue weighted by Crippen LogP contribution is 2.30. The largest absolute Gasteiger partial charge is 0.374 e. The summed E-state index contributed by atoms with van der Waals surface area (Å²) < 4.78 is 0. The Balaban J connectivity index is 2.24. The van der Waals surface area contributed by atoms with E-state index < -0.39 is 5.91 Å². The van der Waals surface area contributed by atoms with Gasteiger partial charge in [0.25, 0.3) is 5.91 Å². The maximum atomic E-state index is 11.8. The number of aromatic nitrogens is 2. The molecule has 2 aromatic rings. The zero-order valence-electron chi connectivity index (χ0n) is 8.28. The Morgan fingerprint density at radius 3 is 2.47 bits per heavy atom. The topological polar surface area (TPSA) is 80.9 Å². The molecule has 0 aliphatic carbocycles. The molecule has 0 radical (unpaired) electrons. The summed E-state index contributed by atoms with van der Waals surface area (Å²) in [5.74, 6) is -0.450. The molecule has 5 nitrogen and oxygen atoms in total. The minimum atomic E-state index is -0.450. The molecule has 0 saturated carbocycles. The van der Waals surface area contributed by atoms with Gasteiger partial charge < -0.3 is 11.1 Å². The van der Waals surface area contributed by atoms with Crippen LogP contribution in [0.2, 0.25) is 10.0 Å². The van der Waals surface area contributed by atoms with Gasteiger partial charge in [0.1, 0.15) is 0 Å². The lowest BCUT2D eigenvalue weighted by Gasteiger charge is -2.06. The molecule has 0 bridgehead atoms. The van der Waals surface area contributed by atoms with Crippen LogP contribution in [0.25, 0.3) is 0 Å². The Hall–Kier alpha value is -1.37. The monoisotopic (exact) mass is 288 g/mol. The molecule has 3 N–H and O–H groups in total. The molecule has 0 aliphatic rings. The Labute approximate surface area is 111 Å². The number of para-hydroxylation sites is 1. The van der Waals surface area contributed by atoms with Crippen molar-refractivity contribution in [2.75, 3.05) is 11.1 Å². The summed E-state index contributed by atoms with van der Waals surface area (Å²) in [6.45, 7) is 0. The number of amides is 1. The fourth-order valence-corrected chi connectivity index (χ4v) is 2.11. The summed E-state index contributed by atoms with van der Waals surface area (Å²) in [4.78, 5) is 11.8. The SMILES string of the molecule is Nc1nnc(C(=O)Nc2c(Cl)cccc2Cl)s1. The average Bonchev–Trinajstić information content (AvgIpc) is 2.70. The van der Waals surface area contributed by atoms with Gasteiger partial charge in [0.05, 0.1) is 15.7 Å². The smallest absolute Gasteiger partial charge is 0.286 e. The summed E-state index contributed by atoms with van der Waals surface area (Å²) in [6, 6.07) is 4.93. The Morgan fingerprint density at radius 2 is 1.94 bits per heavy atom. The number of hydrogen-bond acceptors (Lipinski definition) is 5. The van der Waals surface area contributed by atoms with E-state index in [1.54, 1.807) is 18.2 Å². The third-order valence-electron chi connectivity index (χ3n) is 1.84. The first-order valence-electron chi connectivity index (χ1n) is 4.42. The molecule has 0 spiro atoms. The van der Waals surface area contributed by atoms with Crippen LogP contribution in [-0.2, 0) is 0 Å². The second kappa shape index (κ2) is 4.87. The molecule has 0 saturated heterocycles. The molecule has 0 atom stereocenters. The number of benzene rings is 1. The fourth-order valence-electron chi connectivity index (χ4n) is 1.11. The van der Waals surface area contributed by atoms with E-state index in [9.17, 15) is 4.79 Å². The van der Waals surface area contributed by atoms with Crippen molar-refractivity contribution in [2.45, 2.75) is 0 Å². The fraction of sp³-hybridized carbons (Fsp3) is 0. The maximum Gasteiger partial charge on any atom is 0.286 e. The Kier molecular flexibility index (Phi) is 3.46. The van der Waals surface area contributed by atoms with Crippen molar-refractivity contribution >= 4 is 51.3 Å². The maximum absolute atomic E-state index is 11.8. The molecule has 0 aliphatic heterocycles. The number of halogens is 2. The van der Waals surface area contributed by atoms with Gasteiger partial charge >= 0.3 is 0 Å². The number of nitrogen functional groups attached to an aromatic ring is 1. The standard InChI is InChI=1S/C9H6Cl2N4OS/c10-4-2-1-3-5(11)6(4)13-7(16)8-14-15-9(12)17-8/h1-3H,(H2,12,15)(H,13,16). The van der Waals surface area contributed by atoms with Crippen LogP contribution in [0.3, 0.4) is 0 Å². The lowest BCUT2D eigenvalue weighted by atomic mass is 10.3. The summed E-state index contributed by atoms with van der Waals surface area (Å²) >= 11 is 12.8. The van der Waals surface area contributed by atoms with E-state index in [0.717, 1.165) is 11.3 Å². The zero-order valence-corrected chi connectivity index (χ0v) is 10.6. The van der Waals surface area contributed by atoms with Gasteiger partial charge in [-0.15, -0.1) is 10.2 Å². The molecule has 8 heteroatoms. The van der Waals surface area contributed by atoms with Gasteiger partial charge in [0.2, 0.25) is 10.1 Å².